The summed E-state index contributed by atoms with van der Waals surface area (Å²) in [6.45, 7) is 6.64. The van der Waals surface area contributed by atoms with Crippen molar-refractivity contribution in [3.8, 4) is 5.75 Å². The van der Waals surface area contributed by atoms with Crippen LogP contribution < -0.4 is 15.4 Å². The van der Waals surface area contributed by atoms with E-state index in [9.17, 15) is 9.59 Å². The quantitative estimate of drug-likeness (QED) is 0.653. The number of carbonyl (C=O) groups excluding carboxylic acids is 2. The van der Waals surface area contributed by atoms with Gasteiger partial charge in [0.1, 0.15) is 5.75 Å². The first-order valence-corrected chi connectivity index (χ1v) is 9.86. The first-order chi connectivity index (χ1) is 13.8. The number of nitrogens with one attached hydrogen (secondary N) is 2. The number of halogens is 1. The Morgan fingerprint density at radius 3 is 2.55 bits per heavy atom. The smallest absolute Gasteiger partial charge is 0.243 e. The molecule has 0 heterocycles. The molecule has 2 aromatic rings. The van der Waals surface area contributed by atoms with Gasteiger partial charge in [-0.05, 0) is 56.2 Å². The second-order valence-corrected chi connectivity index (χ2v) is 7.59. The van der Waals surface area contributed by atoms with Crippen molar-refractivity contribution < 1.29 is 14.3 Å². The average molecular weight is 418 g/mol. The molecule has 156 valence electrons. The topological polar surface area (TPSA) is 70.7 Å². The second kappa shape index (κ2) is 10.8. The van der Waals surface area contributed by atoms with Gasteiger partial charge in [-0.2, -0.15) is 0 Å². The fourth-order valence-electron chi connectivity index (χ4n) is 2.82. The van der Waals surface area contributed by atoms with E-state index in [-0.39, 0.29) is 30.9 Å². The van der Waals surface area contributed by atoms with Crippen LogP contribution in [0.15, 0.2) is 42.5 Å². The number of carbonyl (C=O) groups is 2. The number of nitrogens with zero attached hydrogens (tertiary/aromatic N) is 1. The lowest BCUT2D eigenvalue weighted by Gasteiger charge is -2.26. The van der Waals surface area contributed by atoms with Gasteiger partial charge in [0.25, 0.3) is 0 Å². The number of aryl methyl sites for hydroxylation is 1. The van der Waals surface area contributed by atoms with Crippen LogP contribution in [0, 0.1) is 6.92 Å². The summed E-state index contributed by atoms with van der Waals surface area (Å²) < 4.78 is 5.25. The number of hydrogen-bond acceptors (Lipinski definition) is 4. The summed E-state index contributed by atoms with van der Waals surface area (Å²) in [4.78, 5) is 26.6. The highest BCUT2D eigenvalue weighted by molar-refractivity contribution is 6.30. The molecule has 0 spiro atoms. The van der Waals surface area contributed by atoms with Gasteiger partial charge >= 0.3 is 0 Å². The number of anilines is 1. The highest BCUT2D eigenvalue weighted by atomic mass is 35.5. The normalized spacial score (nSPS) is 10.9. The van der Waals surface area contributed by atoms with Crippen LogP contribution in [0.3, 0.4) is 0 Å². The molecule has 6 nitrogen and oxygen atoms in total. The van der Waals surface area contributed by atoms with Gasteiger partial charge in [0, 0.05) is 17.6 Å². The number of hydrogen-bond donors (Lipinski definition) is 2. The molecule has 0 saturated heterocycles. The SMILES string of the molecule is COc1ccc(C)cc1NC(=O)CNC(=O)CN(Cc1cccc(Cl)c1)C(C)C. The van der Waals surface area contributed by atoms with E-state index in [2.05, 4.69) is 10.6 Å². The Kier molecular flexibility index (Phi) is 8.49. The number of benzene rings is 2. The molecule has 0 aliphatic carbocycles. The van der Waals surface area contributed by atoms with E-state index in [1.54, 1.807) is 13.2 Å². The lowest BCUT2D eigenvalue weighted by atomic mass is 10.2. The van der Waals surface area contributed by atoms with Crippen molar-refractivity contribution in [1.82, 2.24) is 10.2 Å². The molecule has 2 aromatic carbocycles. The predicted molar refractivity (Wildman–Crippen MR) is 116 cm³/mol. The number of amides is 2. The summed E-state index contributed by atoms with van der Waals surface area (Å²) in [5.41, 5.74) is 2.61. The monoisotopic (exact) mass is 417 g/mol. The first-order valence-electron chi connectivity index (χ1n) is 9.48. The van der Waals surface area contributed by atoms with Crippen molar-refractivity contribution in [3.63, 3.8) is 0 Å². The van der Waals surface area contributed by atoms with Crippen molar-refractivity contribution in [2.45, 2.75) is 33.4 Å². The van der Waals surface area contributed by atoms with Crippen molar-refractivity contribution in [2.24, 2.45) is 0 Å². The van der Waals surface area contributed by atoms with Crippen LogP contribution in [0.5, 0.6) is 5.75 Å². The molecule has 2 N–H and O–H groups in total. The molecule has 2 amide bonds. The maximum atomic E-state index is 12.4. The van der Waals surface area contributed by atoms with E-state index in [1.165, 1.54) is 0 Å². The third-order valence-corrected chi connectivity index (χ3v) is 4.66. The van der Waals surface area contributed by atoms with Crippen LogP contribution in [0.1, 0.15) is 25.0 Å². The molecule has 0 atom stereocenters. The van der Waals surface area contributed by atoms with E-state index >= 15 is 0 Å². The number of ether oxygens (including phenoxy) is 1. The summed E-state index contributed by atoms with van der Waals surface area (Å²) in [6, 6.07) is 13.2. The summed E-state index contributed by atoms with van der Waals surface area (Å²) in [7, 11) is 1.54. The van der Waals surface area contributed by atoms with Crippen molar-refractivity contribution >= 4 is 29.1 Å². The molecular weight excluding hydrogens is 390 g/mol. The van der Waals surface area contributed by atoms with Gasteiger partial charge in [-0.3, -0.25) is 14.5 Å². The van der Waals surface area contributed by atoms with Gasteiger partial charge in [-0.1, -0.05) is 29.8 Å². The van der Waals surface area contributed by atoms with Crippen LogP contribution in [0.25, 0.3) is 0 Å². The van der Waals surface area contributed by atoms with Crippen molar-refractivity contribution in [3.05, 3.63) is 58.6 Å². The fourth-order valence-corrected chi connectivity index (χ4v) is 3.04. The molecular formula is C22H28ClN3O3. The van der Waals surface area contributed by atoms with Crippen molar-refractivity contribution in [2.75, 3.05) is 25.5 Å². The Labute approximate surface area is 177 Å². The van der Waals surface area contributed by atoms with E-state index in [0.29, 0.717) is 23.0 Å². The molecule has 0 radical (unpaired) electrons. The van der Waals surface area contributed by atoms with Gasteiger partial charge in [0.05, 0.1) is 25.9 Å². The molecule has 0 aromatic heterocycles. The minimum absolute atomic E-state index is 0.112. The Hall–Kier alpha value is -2.57. The Morgan fingerprint density at radius 2 is 1.90 bits per heavy atom. The average Bonchev–Trinajstić information content (AvgIpc) is 2.66. The molecule has 29 heavy (non-hydrogen) atoms. The van der Waals surface area contributed by atoms with Gasteiger partial charge in [-0.15, -0.1) is 0 Å². The fraction of sp³-hybridized carbons (Fsp3) is 0.364. The largest absolute Gasteiger partial charge is 0.495 e. The Morgan fingerprint density at radius 1 is 1.14 bits per heavy atom. The van der Waals surface area contributed by atoms with Crippen LogP contribution in [-0.2, 0) is 16.1 Å². The predicted octanol–water partition coefficient (Wildman–Crippen LogP) is 3.62. The Balaban J connectivity index is 1.88. The molecule has 0 saturated carbocycles. The van der Waals surface area contributed by atoms with E-state index in [4.69, 9.17) is 16.3 Å². The highest BCUT2D eigenvalue weighted by Gasteiger charge is 2.16. The zero-order chi connectivity index (χ0) is 21.4. The standard InChI is InChI=1S/C22H28ClN3O3/c1-15(2)26(13-17-6-5-7-18(23)11-17)14-22(28)24-12-21(27)25-19-10-16(3)8-9-20(19)29-4/h5-11,15H,12-14H2,1-4H3,(H,24,28)(H,25,27). The van der Waals surface area contributed by atoms with Gasteiger partial charge in [0.2, 0.25) is 11.8 Å². The minimum Gasteiger partial charge on any atom is -0.495 e. The van der Waals surface area contributed by atoms with Crippen LogP contribution in [0.2, 0.25) is 5.02 Å². The van der Waals surface area contributed by atoms with Gasteiger partial charge in [-0.25, -0.2) is 0 Å². The maximum Gasteiger partial charge on any atom is 0.243 e. The minimum atomic E-state index is -0.312. The molecule has 0 fully saturated rings. The van der Waals surface area contributed by atoms with Gasteiger partial charge in [0.15, 0.2) is 0 Å². The van der Waals surface area contributed by atoms with Crippen LogP contribution in [-0.4, -0.2) is 43.0 Å². The highest BCUT2D eigenvalue weighted by Crippen LogP contribution is 2.24. The van der Waals surface area contributed by atoms with Crippen molar-refractivity contribution in [1.29, 1.82) is 0 Å². The summed E-state index contributed by atoms with van der Waals surface area (Å²) in [6.07, 6.45) is 0. The molecule has 2 rings (SSSR count). The lowest BCUT2D eigenvalue weighted by molar-refractivity contribution is -0.125. The van der Waals surface area contributed by atoms with Gasteiger partial charge < -0.3 is 15.4 Å². The first kappa shape index (κ1) is 22.7. The second-order valence-electron chi connectivity index (χ2n) is 7.16. The zero-order valence-electron chi connectivity index (χ0n) is 17.3. The molecule has 0 aliphatic rings. The van der Waals surface area contributed by atoms with E-state index in [1.807, 2.05) is 62.1 Å². The maximum absolute atomic E-state index is 12.4. The summed E-state index contributed by atoms with van der Waals surface area (Å²) >= 11 is 6.04. The van der Waals surface area contributed by atoms with Crippen LogP contribution in [0.4, 0.5) is 5.69 Å². The molecule has 0 bridgehead atoms. The summed E-state index contributed by atoms with van der Waals surface area (Å²) in [5, 5.41) is 6.12. The Bertz CT molecular complexity index is 855. The van der Waals surface area contributed by atoms with Crippen LogP contribution >= 0.6 is 11.6 Å². The summed E-state index contributed by atoms with van der Waals surface area (Å²) in [5.74, 6) is 0.0445. The molecule has 0 aliphatic heterocycles. The number of rotatable bonds is 9. The lowest BCUT2D eigenvalue weighted by Crippen LogP contribution is -2.42. The third kappa shape index (κ3) is 7.40. The molecule has 7 heteroatoms. The number of methoxy groups -OCH3 is 1. The van der Waals surface area contributed by atoms with E-state index < -0.39 is 0 Å². The third-order valence-electron chi connectivity index (χ3n) is 4.43. The zero-order valence-corrected chi connectivity index (χ0v) is 18.0. The molecule has 0 unspecified atom stereocenters. The van der Waals surface area contributed by atoms with E-state index in [0.717, 1.165) is 11.1 Å².